The molecule has 4 nitrogen and oxygen atoms in total. The Morgan fingerprint density at radius 1 is 1.20 bits per heavy atom. The van der Waals surface area contributed by atoms with Gasteiger partial charge in [0.25, 0.3) is 0 Å². The molecule has 0 aliphatic rings. The van der Waals surface area contributed by atoms with Gasteiger partial charge in [-0.15, -0.1) is 11.8 Å². The quantitative estimate of drug-likeness (QED) is 0.558. The van der Waals surface area contributed by atoms with E-state index in [9.17, 15) is 0 Å². The van der Waals surface area contributed by atoms with Gasteiger partial charge in [0.05, 0.1) is 0 Å². The van der Waals surface area contributed by atoms with Crippen molar-refractivity contribution in [3.8, 4) is 0 Å². The molecule has 1 heterocycles. The molecule has 1 aromatic rings. The number of nitrogens with one attached hydrogen (secondary N) is 1. The first-order chi connectivity index (χ1) is 9.60. The van der Waals surface area contributed by atoms with Gasteiger partial charge in [-0.05, 0) is 20.0 Å². The van der Waals surface area contributed by atoms with Crippen LogP contribution in [-0.4, -0.2) is 46.8 Å². The second kappa shape index (κ2) is 9.19. The maximum Gasteiger partial charge on any atom is 0.134 e. The summed E-state index contributed by atoms with van der Waals surface area (Å²) in [5.74, 6) is 3.29. The van der Waals surface area contributed by atoms with Gasteiger partial charge in [0, 0.05) is 30.8 Å². The van der Waals surface area contributed by atoms with Crippen LogP contribution in [0, 0.1) is 0 Å². The molecule has 1 rings (SSSR count). The lowest BCUT2D eigenvalue weighted by Crippen LogP contribution is -2.25. The number of hydrogen-bond donors (Lipinski definition) is 1. The van der Waals surface area contributed by atoms with Crippen LogP contribution in [0.2, 0.25) is 0 Å². The SMILES string of the molecule is CCNc1cc(SCCN(CC)CC)nc(C(C)C)n1. The molecule has 0 amide bonds. The zero-order chi connectivity index (χ0) is 15.0. The summed E-state index contributed by atoms with van der Waals surface area (Å²) in [6, 6.07) is 2.06. The van der Waals surface area contributed by atoms with Gasteiger partial charge in [-0.25, -0.2) is 9.97 Å². The Hall–Kier alpha value is -0.810. The molecule has 0 aliphatic heterocycles. The second-order valence-corrected chi connectivity index (χ2v) is 6.13. The van der Waals surface area contributed by atoms with Gasteiger partial charge in [0.1, 0.15) is 16.7 Å². The standard InChI is InChI=1S/C15H28N4S/c1-6-16-13-11-14(18-15(17-13)12(4)5)20-10-9-19(7-2)8-3/h11-12H,6-10H2,1-5H3,(H,16,17,18). The van der Waals surface area contributed by atoms with E-state index >= 15 is 0 Å². The van der Waals surface area contributed by atoms with Gasteiger partial charge >= 0.3 is 0 Å². The van der Waals surface area contributed by atoms with Gasteiger partial charge in [-0.1, -0.05) is 27.7 Å². The number of aromatic nitrogens is 2. The number of nitrogens with zero attached hydrogens (tertiary/aromatic N) is 3. The molecule has 0 radical (unpaired) electrons. The van der Waals surface area contributed by atoms with E-state index < -0.39 is 0 Å². The molecule has 0 unspecified atom stereocenters. The first-order valence-corrected chi connectivity index (χ1v) is 8.57. The van der Waals surface area contributed by atoms with E-state index in [1.165, 1.54) is 0 Å². The molecule has 0 aromatic carbocycles. The highest BCUT2D eigenvalue weighted by molar-refractivity contribution is 7.99. The van der Waals surface area contributed by atoms with Gasteiger partial charge in [0.15, 0.2) is 0 Å². The molecule has 0 atom stereocenters. The average Bonchev–Trinajstić information content (AvgIpc) is 2.44. The van der Waals surface area contributed by atoms with E-state index in [-0.39, 0.29) is 0 Å². The average molecular weight is 296 g/mol. The topological polar surface area (TPSA) is 41.0 Å². The van der Waals surface area contributed by atoms with Crippen molar-refractivity contribution in [2.45, 2.75) is 45.6 Å². The fraction of sp³-hybridized carbons (Fsp3) is 0.733. The van der Waals surface area contributed by atoms with E-state index in [0.717, 1.165) is 48.6 Å². The molecule has 0 saturated carbocycles. The van der Waals surface area contributed by atoms with E-state index in [4.69, 9.17) is 0 Å². The lowest BCUT2D eigenvalue weighted by atomic mass is 10.2. The number of hydrogen-bond acceptors (Lipinski definition) is 5. The third-order valence-electron chi connectivity index (χ3n) is 3.15. The van der Waals surface area contributed by atoms with Crippen LogP contribution in [-0.2, 0) is 0 Å². The summed E-state index contributed by atoms with van der Waals surface area (Å²) in [5.41, 5.74) is 0. The van der Waals surface area contributed by atoms with Crippen LogP contribution >= 0.6 is 11.8 Å². The fourth-order valence-corrected chi connectivity index (χ4v) is 2.78. The van der Waals surface area contributed by atoms with E-state index in [0.29, 0.717) is 5.92 Å². The molecule has 1 N–H and O–H groups in total. The number of thioether (sulfide) groups is 1. The predicted octanol–water partition coefficient (Wildman–Crippen LogP) is 3.47. The van der Waals surface area contributed by atoms with Crippen molar-refractivity contribution in [2.24, 2.45) is 0 Å². The molecule has 0 saturated heterocycles. The predicted molar refractivity (Wildman–Crippen MR) is 88.8 cm³/mol. The Labute approximate surface area is 127 Å². The highest BCUT2D eigenvalue weighted by atomic mass is 32.2. The Morgan fingerprint density at radius 2 is 1.90 bits per heavy atom. The summed E-state index contributed by atoms with van der Waals surface area (Å²) in [5, 5.41) is 4.37. The molecule has 114 valence electrons. The minimum Gasteiger partial charge on any atom is -0.370 e. The molecular weight excluding hydrogens is 268 g/mol. The zero-order valence-corrected chi connectivity index (χ0v) is 14.3. The Kier molecular flexibility index (Phi) is 7.92. The van der Waals surface area contributed by atoms with Crippen LogP contribution < -0.4 is 5.32 Å². The fourth-order valence-electron chi connectivity index (χ4n) is 1.87. The van der Waals surface area contributed by atoms with E-state index in [1.807, 2.05) is 11.8 Å². The summed E-state index contributed by atoms with van der Waals surface area (Å²) in [4.78, 5) is 11.6. The Morgan fingerprint density at radius 3 is 2.45 bits per heavy atom. The Balaban J connectivity index is 2.68. The summed E-state index contributed by atoms with van der Waals surface area (Å²) in [7, 11) is 0. The van der Waals surface area contributed by atoms with Crippen molar-refractivity contribution in [3.05, 3.63) is 11.9 Å². The minimum atomic E-state index is 0.357. The normalized spacial score (nSPS) is 11.3. The van der Waals surface area contributed by atoms with Crippen LogP contribution in [0.4, 0.5) is 5.82 Å². The molecule has 20 heavy (non-hydrogen) atoms. The largest absolute Gasteiger partial charge is 0.370 e. The zero-order valence-electron chi connectivity index (χ0n) is 13.4. The number of anilines is 1. The van der Waals surface area contributed by atoms with Crippen molar-refractivity contribution in [3.63, 3.8) is 0 Å². The van der Waals surface area contributed by atoms with Crippen LogP contribution in [0.25, 0.3) is 0 Å². The number of rotatable bonds is 9. The summed E-state index contributed by atoms with van der Waals surface area (Å²) >= 11 is 1.82. The maximum atomic E-state index is 4.66. The molecule has 0 aliphatic carbocycles. The maximum absolute atomic E-state index is 4.66. The molecular formula is C15H28N4S. The summed E-state index contributed by atoms with van der Waals surface area (Å²) < 4.78 is 0. The van der Waals surface area contributed by atoms with E-state index in [1.54, 1.807) is 0 Å². The molecule has 1 aromatic heterocycles. The highest BCUT2D eigenvalue weighted by Crippen LogP contribution is 2.21. The van der Waals surface area contributed by atoms with Crippen molar-refractivity contribution in [2.75, 3.05) is 37.2 Å². The minimum absolute atomic E-state index is 0.357. The lowest BCUT2D eigenvalue weighted by molar-refractivity contribution is 0.324. The summed E-state index contributed by atoms with van der Waals surface area (Å²) in [6.45, 7) is 15.0. The monoisotopic (exact) mass is 296 g/mol. The van der Waals surface area contributed by atoms with Crippen LogP contribution in [0.15, 0.2) is 11.1 Å². The highest BCUT2D eigenvalue weighted by Gasteiger charge is 2.08. The van der Waals surface area contributed by atoms with Crippen LogP contribution in [0.1, 0.15) is 46.4 Å². The molecule has 5 heteroatoms. The van der Waals surface area contributed by atoms with Crippen molar-refractivity contribution >= 4 is 17.6 Å². The third kappa shape index (κ3) is 5.67. The van der Waals surface area contributed by atoms with Gasteiger partial charge in [0.2, 0.25) is 0 Å². The molecule has 0 fully saturated rings. The van der Waals surface area contributed by atoms with Crippen LogP contribution in [0.3, 0.4) is 0 Å². The van der Waals surface area contributed by atoms with Gasteiger partial charge in [-0.3, -0.25) is 0 Å². The van der Waals surface area contributed by atoms with Crippen molar-refractivity contribution in [1.82, 2.24) is 14.9 Å². The third-order valence-corrected chi connectivity index (χ3v) is 4.04. The molecule has 0 bridgehead atoms. The van der Waals surface area contributed by atoms with E-state index in [2.05, 4.69) is 60.9 Å². The summed E-state index contributed by atoms with van der Waals surface area (Å²) in [6.07, 6.45) is 0. The second-order valence-electron chi connectivity index (χ2n) is 5.01. The first-order valence-electron chi connectivity index (χ1n) is 7.58. The lowest BCUT2D eigenvalue weighted by Gasteiger charge is -2.17. The van der Waals surface area contributed by atoms with Gasteiger partial charge < -0.3 is 10.2 Å². The Bertz CT molecular complexity index is 391. The van der Waals surface area contributed by atoms with Gasteiger partial charge in [-0.2, -0.15) is 0 Å². The van der Waals surface area contributed by atoms with Crippen molar-refractivity contribution < 1.29 is 0 Å². The first kappa shape index (κ1) is 17.2. The molecule has 0 spiro atoms. The van der Waals surface area contributed by atoms with Crippen LogP contribution in [0.5, 0.6) is 0 Å². The van der Waals surface area contributed by atoms with Crippen molar-refractivity contribution in [1.29, 1.82) is 0 Å². The smallest absolute Gasteiger partial charge is 0.134 e.